The highest BCUT2D eigenvalue weighted by Gasteiger charge is 2.47. The van der Waals surface area contributed by atoms with E-state index in [0.717, 1.165) is 48.1 Å². The number of rotatable bonds is 7. The van der Waals surface area contributed by atoms with Gasteiger partial charge in [-0.05, 0) is 42.3 Å². The van der Waals surface area contributed by atoms with E-state index in [1.807, 2.05) is 30.3 Å². The van der Waals surface area contributed by atoms with Crippen molar-refractivity contribution in [2.45, 2.75) is 38.8 Å². The van der Waals surface area contributed by atoms with E-state index in [-0.39, 0.29) is 35.0 Å². The van der Waals surface area contributed by atoms with E-state index in [1.54, 1.807) is 17.0 Å². The van der Waals surface area contributed by atoms with Gasteiger partial charge in [0.2, 0.25) is 0 Å². The Morgan fingerprint density at radius 1 is 0.944 bits per heavy atom. The van der Waals surface area contributed by atoms with Crippen molar-refractivity contribution in [2.24, 2.45) is 5.92 Å². The molecule has 0 N–H and O–H groups in total. The quantitative estimate of drug-likeness (QED) is 0.421. The summed E-state index contributed by atoms with van der Waals surface area (Å²) in [6.45, 7) is 6.77. The molecule has 190 valence electrons. The average Bonchev–Trinajstić information content (AvgIpc) is 2.89. The number of piperidine rings is 3. The Balaban J connectivity index is 0.00000304. The Bertz CT molecular complexity index is 1130. The van der Waals surface area contributed by atoms with Gasteiger partial charge >= 0.3 is 6.09 Å². The topological polar surface area (TPSA) is 29.5 Å². The molecule has 2 bridgehead atoms. The smallest absolute Gasteiger partial charge is 0.415 e. The Labute approximate surface area is 224 Å². The third-order valence-corrected chi connectivity index (χ3v) is 7.83. The maximum absolute atomic E-state index is 13.5. The fraction of sp³-hybridized carbons (Fsp3) is 0.367. The first-order chi connectivity index (χ1) is 17.0. The summed E-state index contributed by atoms with van der Waals surface area (Å²) in [5, 5.41) is 0. The lowest BCUT2D eigenvalue weighted by Gasteiger charge is -2.52. The van der Waals surface area contributed by atoms with Crippen LogP contribution in [0.2, 0.25) is 0 Å². The van der Waals surface area contributed by atoms with Crippen molar-refractivity contribution in [1.82, 2.24) is 0 Å². The molecule has 6 heteroatoms. The van der Waals surface area contributed by atoms with Crippen LogP contribution in [-0.4, -0.2) is 42.9 Å². The molecule has 3 fully saturated rings. The molecule has 3 saturated heterocycles. The first-order valence-electron chi connectivity index (χ1n) is 12.7. The van der Waals surface area contributed by atoms with Crippen LogP contribution >= 0.6 is 0 Å². The van der Waals surface area contributed by atoms with E-state index >= 15 is 0 Å². The zero-order valence-corrected chi connectivity index (χ0v) is 22.4. The first-order valence-corrected chi connectivity index (χ1v) is 12.7. The number of ether oxygens (including phenoxy) is 1. The number of quaternary nitrogens is 1. The molecule has 3 aromatic carbocycles. The maximum Gasteiger partial charge on any atom is 0.415 e. The second kappa shape index (κ2) is 11.6. The molecule has 3 aliphatic rings. The van der Waals surface area contributed by atoms with Crippen LogP contribution < -0.4 is 21.9 Å². The lowest BCUT2D eigenvalue weighted by atomic mass is 9.83. The summed E-state index contributed by atoms with van der Waals surface area (Å²) in [4.78, 5) is 15.2. The van der Waals surface area contributed by atoms with Gasteiger partial charge in [-0.3, -0.25) is 4.90 Å². The number of anilines is 1. The van der Waals surface area contributed by atoms with Gasteiger partial charge in [0.15, 0.2) is 6.10 Å². The van der Waals surface area contributed by atoms with Gasteiger partial charge in [0.25, 0.3) is 0 Å². The lowest BCUT2D eigenvalue weighted by molar-refractivity contribution is -0.945. The van der Waals surface area contributed by atoms with Crippen molar-refractivity contribution in [2.75, 3.05) is 31.1 Å². The number of hydrogen-bond acceptors (Lipinski definition) is 2. The summed E-state index contributed by atoms with van der Waals surface area (Å²) < 4.78 is 20.7. The maximum atomic E-state index is 13.5. The van der Waals surface area contributed by atoms with Crippen LogP contribution in [0.5, 0.6) is 0 Å². The van der Waals surface area contributed by atoms with E-state index in [9.17, 15) is 9.18 Å². The van der Waals surface area contributed by atoms with Gasteiger partial charge in [0, 0.05) is 30.9 Å². The number of aryl methyl sites for hydroxylation is 1. The number of nitrogens with zero attached hydrogens (tertiary/aromatic N) is 2. The molecule has 0 aromatic heterocycles. The minimum absolute atomic E-state index is 0. The minimum atomic E-state index is -0.323. The third-order valence-electron chi connectivity index (χ3n) is 7.83. The molecular weight excluding hydrogens is 519 g/mol. The van der Waals surface area contributed by atoms with Crippen molar-refractivity contribution in [1.29, 1.82) is 0 Å². The van der Waals surface area contributed by atoms with Gasteiger partial charge in [-0.2, -0.15) is 0 Å². The van der Waals surface area contributed by atoms with Crippen molar-refractivity contribution in [3.8, 4) is 0 Å². The summed E-state index contributed by atoms with van der Waals surface area (Å²) >= 11 is 0. The minimum Gasteiger partial charge on any atom is -1.00 e. The molecule has 0 saturated carbocycles. The highest BCUT2D eigenvalue weighted by molar-refractivity contribution is 5.87. The molecule has 0 radical (unpaired) electrons. The molecule has 4 nitrogen and oxygen atoms in total. The zero-order chi connectivity index (χ0) is 24.3. The summed E-state index contributed by atoms with van der Waals surface area (Å²) in [5.74, 6) is 0.149. The second-order valence-electron chi connectivity index (χ2n) is 10.2. The van der Waals surface area contributed by atoms with Crippen molar-refractivity contribution in [3.63, 3.8) is 0 Å². The van der Waals surface area contributed by atoms with Crippen molar-refractivity contribution in [3.05, 3.63) is 101 Å². The molecule has 0 aliphatic carbocycles. The Hall–Kier alpha value is -2.70. The second-order valence-corrected chi connectivity index (χ2v) is 10.2. The Morgan fingerprint density at radius 3 is 2.25 bits per heavy atom. The van der Waals surface area contributed by atoms with Crippen LogP contribution in [-0.2, 0) is 17.7 Å². The van der Waals surface area contributed by atoms with E-state index in [4.69, 9.17) is 4.74 Å². The fourth-order valence-electron chi connectivity index (χ4n) is 5.62. The lowest BCUT2D eigenvalue weighted by Crippen LogP contribution is -3.00. The van der Waals surface area contributed by atoms with Crippen molar-refractivity contribution >= 4 is 11.8 Å². The molecule has 0 unspecified atom stereocenters. The Kier molecular flexibility index (Phi) is 8.47. The number of carbonyl (C=O) groups is 1. The number of halogens is 2. The number of amides is 1. The van der Waals surface area contributed by atoms with Gasteiger partial charge in [-0.25, -0.2) is 9.18 Å². The zero-order valence-electron chi connectivity index (χ0n) is 20.8. The third kappa shape index (κ3) is 6.16. The average molecular weight is 554 g/mol. The monoisotopic (exact) mass is 552 g/mol. The van der Waals surface area contributed by atoms with Gasteiger partial charge in [0.05, 0.1) is 26.2 Å². The molecule has 1 amide bonds. The van der Waals surface area contributed by atoms with Crippen LogP contribution in [0.15, 0.2) is 78.9 Å². The highest BCUT2D eigenvalue weighted by Crippen LogP contribution is 2.36. The summed E-state index contributed by atoms with van der Waals surface area (Å²) in [5.41, 5.74) is 4.31. The van der Waals surface area contributed by atoms with E-state index in [0.29, 0.717) is 12.5 Å². The Morgan fingerprint density at radius 2 is 1.58 bits per heavy atom. The van der Waals surface area contributed by atoms with Crippen LogP contribution in [0.3, 0.4) is 0 Å². The normalized spacial score (nSPS) is 22.5. The van der Waals surface area contributed by atoms with Crippen LogP contribution in [0.1, 0.15) is 29.5 Å². The largest absolute Gasteiger partial charge is 1.00 e. The molecule has 6 rings (SSSR count). The molecule has 1 atom stereocenters. The number of carbonyl (C=O) groups excluding carboxylic acids is 1. The summed E-state index contributed by atoms with van der Waals surface area (Å²) in [6, 6.07) is 24.7. The van der Waals surface area contributed by atoms with Crippen LogP contribution in [0.4, 0.5) is 14.9 Å². The van der Waals surface area contributed by atoms with Crippen LogP contribution in [0, 0.1) is 18.7 Å². The number of para-hydroxylation sites is 1. The highest BCUT2D eigenvalue weighted by atomic mass is 79.9. The molecule has 3 heterocycles. The molecule has 3 aromatic rings. The van der Waals surface area contributed by atoms with E-state index in [1.165, 1.54) is 36.3 Å². The SMILES string of the molecule is Cc1ccc(CC[N+]23CCC(CC2)[C@@H](OC(=O)N(Cc2ccc(F)cc2)c2ccccc2)C3)cc1.[Br-]. The van der Waals surface area contributed by atoms with Gasteiger partial charge in [0.1, 0.15) is 12.4 Å². The first kappa shape index (κ1) is 26.4. The number of benzene rings is 3. The molecular formula is C30H34BrFN2O2. The summed E-state index contributed by atoms with van der Waals surface area (Å²) in [7, 11) is 0. The predicted molar refractivity (Wildman–Crippen MR) is 137 cm³/mol. The van der Waals surface area contributed by atoms with Gasteiger partial charge < -0.3 is 26.2 Å². The molecule has 0 spiro atoms. The number of hydrogen-bond donors (Lipinski definition) is 0. The van der Waals surface area contributed by atoms with Crippen molar-refractivity contribution < 1.29 is 35.4 Å². The van der Waals surface area contributed by atoms with Gasteiger partial charge in [-0.1, -0.05) is 60.2 Å². The molecule has 3 aliphatic heterocycles. The van der Waals surface area contributed by atoms with E-state index < -0.39 is 0 Å². The van der Waals surface area contributed by atoms with E-state index in [2.05, 4.69) is 31.2 Å². The summed E-state index contributed by atoms with van der Waals surface area (Å²) in [6.07, 6.45) is 2.87. The standard InChI is InChI=1S/C30H34FN2O2.BrH/c1-23-7-9-24(10-8-23)15-18-33-19-16-26(17-20-33)29(22-33)35-30(34)32(28-5-3-2-4-6-28)21-25-11-13-27(31)14-12-25;/h2-14,26,29H,15-22H2,1H3;1H/q+1;/p-1/t26?,29-,33?;/m0./s1. The van der Waals surface area contributed by atoms with Crippen LogP contribution in [0.25, 0.3) is 0 Å². The fourth-order valence-corrected chi connectivity index (χ4v) is 5.62. The molecule has 36 heavy (non-hydrogen) atoms. The predicted octanol–water partition coefficient (Wildman–Crippen LogP) is 3.13. The number of fused-ring (bicyclic) bond motifs is 3. The van der Waals surface area contributed by atoms with Gasteiger partial charge in [-0.15, -0.1) is 0 Å².